The number of nitrogens with zero attached hydrogens (tertiary/aromatic N) is 1. The molecule has 0 spiro atoms. The standard InChI is InChI=1S/C15H19BrN2O/c1-10-5-7-15(9-17,8-6-10)14-18-12-4-2-3-11(16)13(12)19-14/h2-4,10H,5-9,17H2,1H3. The molecule has 1 aliphatic rings. The SMILES string of the molecule is CC1CCC(CN)(c2nc3cccc(Br)c3o2)CC1. The fourth-order valence-electron chi connectivity index (χ4n) is 2.96. The molecule has 0 atom stereocenters. The Morgan fingerprint density at radius 1 is 1.42 bits per heavy atom. The first-order valence-electron chi connectivity index (χ1n) is 6.90. The van der Waals surface area contributed by atoms with Gasteiger partial charge in [0.1, 0.15) is 5.52 Å². The van der Waals surface area contributed by atoms with Gasteiger partial charge in [0.15, 0.2) is 5.58 Å². The summed E-state index contributed by atoms with van der Waals surface area (Å²) >= 11 is 3.52. The van der Waals surface area contributed by atoms with E-state index in [-0.39, 0.29) is 5.41 Å². The highest BCUT2D eigenvalue weighted by atomic mass is 79.9. The fourth-order valence-corrected chi connectivity index (χ4v) is 3.40. The van der Waals surface area contributed by atoms with Crippen LogP contribution in [0.1, 0.15) is 38.5 Å². The van der Waals surface area contributed by atoms with E-state index in [0.717, 1.165) is 40.2 Å². The first-order valence-corrected chi connectivity index (χ1v) is 7.69. The van der Waals surface area contributed by atoms with Crippen LogP contribution in [0.15, 0.2) is 27.1 Å². The number of halogens is 1. The maximum Gasteiger partial charge on any atom is 0.203 e. The summed E-state index contributed by atoms with van der Waals surface area (Å²) in [7, 11) is 0. The molecule has 1 aliphatic carbocycles. The lowest BCUT2D eigenvalue weighted by Gasteiger charge is -2.35. The van der Waals surface area contributed by atoms with Crippen LogP contribution in [-0.2, 0) is 5.41 Å². The molecule has 3 nitrogen and oxygen atoms in total. The third kappa shape index (κ3) is 2.21. The number of oxazole rings is 1. The summed E-state index contributed by atoms with van der Waals surface area (Å²) < 4.78 is 6.99. The van der Waals surface area contributed by atoms with Crippen LogP contribution in [0.4, 0.5) is 0 Å². The second-order valence-corrected chi connectivity index (χ2v) is 6.63. The zero-order chi connectivity index (χ0) is 13.5. The predicted molar refractivity (Wildman–Crippen MR) is 80.1 cm³/mol. The number of hydrogen-bond donors (Lipinski definition) is 1. The van der Waals surface area contributed by atoms with Gasteiger partial charge in [-0.2, -0.15) is 0 Å². The molecule has 19 heavy (non-hydrogen) atoms. The molecule has 0 unspecified atom stereocenters. The number of hydrogen-bond acceptors (Lipinski definition) is 3. The molecule has 0 amide bonds. The highest BCUT2D eigenvalue weighted by Gasteiger charge is 2.39. The molecule has 1 aromatic heterocycles. The molecule has 4 heteroatoms. The van der Waals surface area contributed by atoms with Gasteiger partial charge in [0.25, 0.3) is 0 Å². The minimum Gasteiger partial charge on any atom is -0.439 e. The van der Waals surface area contributed by atoms with Crippen LogP contribution in [-0.4, -0.2) is 11.5 Å². The predicted octanol–water partition coefficient (Wildman–Crippen LogP) is 4.00. The van der Waals surface area contributed by atoms with Crippen LogP contribution >= 0.6 is 15.9 Å². The molecule has 2 N–H and O–H groups in total. The lowest BCUT2D eigenvalue weighted by molar-refractivity contribution is 0.210. The molecule has 2 aromatic rings. The summed E-state index contributed by atoms with van der Waals surface area (Å²) in [6, 6.07) is 5.95. The van der Waals surface area contributed by atoms with Crippen LogP contribution in [0.5, 0.6) is 0 Å². The van der Waals surface area contributed by atoms with Crippen LogP contribution < -0.4 is 5.73 Å². The van der Waals surface area contributed by atoms with Gasteiger partial charge in [-0.1, -0.05) is 13.0 Å². The van der Waals surface area contributed by atoms with E-state index >= 15 is 0 Å². The van der Waals surface area contributed by atoms with Crippen molar-refractivity contribution in [2.24, 2.45) is 11.7 Å². The molecule has 3 rings (SSSR count). The molecule has 1 fully saturated rings. The van der Waals surface area contributed by atoms with Gasteiger partial charge in [-0.15, -0.1) is 0 Å². The Morgan fingerprint density at radius 2 is 2.16 bits per heavy atom. The first kappa shape index (κ1) is 13.1. The number of para-hydroxylation sites is 1. The Kier molecular flexibility index (Phi) is 3.39. The summed E-state index contributed by atoms with van der Waals surface area (Å²) in [6.07, 6.45) is 4.57. The van der Waals surface area contributed by atoms with Crippen molar-refractivity contribution in [3.8, 4) is 0 Å². The fraction of sp³-hybridized carbons (Fsp3) is 0.533. The lowest BCUT2D eigenvalue weighted by atomic mass is 9.71. The largest absolute Gasteiger partial charge is 0.439 e. The van der Waals surface area contributed by atoms with Crippen molar-refractivity contribution in [2.45, 2.75) is 38.0 Å². The normalized spacial score (nSPS) is 27.8. The quantitative estimate of drug-likeness (QED) is 0.909. The number of nitrogens with two attached hydrogens (primary N) is 1. The third-order valence-corrected chi connectivity index (χ3v) is 5.07. The number of rotatable bonds is 2. The third-order valence-electron chi connectivity index (χ3n) is 4.44. The van der Waals surface area contributed by atoms with Gasteiger partial charge in [0.05, 0.1) is 9.89 Å². The molecule has 0 saturated heterocycles. The molecular formula is C15H19BrN2O. The molecule has 1 heterocycles. The van der Waals surface area contributed by atoms with Crippen molar-refractivity contribution in [3.63, 3.8) is 0 Å². The zero-order valence-corrected chi connectivity index (χ0v) is 12.7. The Labute approximate surface area is 121 Å². The van der Waals surface area contributed by atoms with E-state index in [9.17, 15) is 0 Å². The highest BCUT2D eigenvalue weighted by Crippen LogP contribution is 2.41. The Bertz CT molecular complexity index is 585. The summed E-state index contributed by atoms with van der Waals surface area (Å²) in [5.41, 5.74) is 7.75. The summed E-state index contributed by atoms with van der Waals surface area (Å²) in [4.78, 5) is 4.69. The summed E-state index contributed by atoms with van der Waals surface area (Å²) in [5, 5.41) is 0. The van der Waals surface area contributed by atoms with Crippen molar-refractivity contribution in [3.05, 3.63) is 28.6 Å². The topological polar surface area (TPSA) is 52.0 Å². The maximum absolute atomic E-state index is 6.06. The molecule has 1 aromatic carbocycles. The number of benzene rings is 1. The first-order chi connectivity index (χ1) is 9.14. The Morgan fingerprint density at radius 3 is 2.79 bits per heavy atom. The van der Waals surface area contributed by atoms with E-state index in [2.05, 4.69) is 27.8 Å². The average molecular weight is 323 g/mol. The smallest absolute Gasteiger partial charge is 0.203 e. The van der Waals surface area contributed by atoms with Crippen molar-refractivity contribution in [2.75, 3.05) is 6.54 Å². The van der Waals surface area contributed by atoms with Gasteiger partial charge in [-0.3, -0.25) is 0 Å². The van der Waals surface area contributed by atoms with E-state index < -0.39 is 0 Å². The molecule has 0 bridgehead atoms. The lowest BCUT2D eigenvalue weighted by Crippen LogP contribution is -2.38. The van der Waals surface area contributed by atoms with Crippen LogP contribution in [0.25, 0.3) is 11.1 Å². The second-order valence-electron chi connectivity index (χ2n) is 5.77. The van der Waals surface area contributed by atoms with E-state index in [1.54, 1.807) is 0 Å². The van der Waals surface area contributed by atoms with Crippen molar-refractivity contribution in [1.82, 2.24) is 4.98 Å². The second kappa shape index (κ2) is 4.91. The Balaban J connectivity index is 2.04. The van der Waals surface area contributed by atoms with Crippen molar-refractivity contribution < 1.29 is 4.42 Å². The molecule has 0 radical (unpaired) electrons. The number of aromatic nitrogens is 1. The minimum atomic E-state index is -0.0645. The van der Waals surface area contributed by atoms with E-state index in [0.29, 0.717) is 6.54 Å². The van der Waals surface area contributed by atoms with Gasteiger partial charge in [0.2, 0.25) is 5.89 Å². The zero-order valence-electron chi connectivity index (χ0n) is 11.2. The molecular weight excluding hydrogens is 304 g/mol. The van der Waals surface area contributed by atoms with E-state index in [1.807, 2.05) is 18.2 Å². The van der Waals surface area contributed by atoms with Gasteiger partial charge < -0.3 is 10.2 Å². The minimum absolute atomic E-state index is 0.0645. The summed E-state index contributed by atoms with van der Waals surface area (Å²) in [6.45, 7) is 2.92. The van der Waals surface area contributed by atoms with Crippen molar-refractivity contribution in [1.29, 1.82) is 0 Å². The average Bonchev–Trinajstić information content (AvgIpc) is 2.86. The number of fused-ring (bicyclic) bond motifs is 1. The van der Waals surface area contributed by atoms with Gasteiger partial charge in [-0.05, 0) is 59.7 Å². The van der Waals surface area contributed by atoms with Gasteiger partial charge in [0, 0.05) is 6.54 Å². The monoisotopic (exact) mass is 322 g/mol. The summed E-state index contributed by atoms with van der Waals surface area (Å²) in [5.74, 6) is 1.61. The molecule has 1 saturated carbocycles. The van der Waals surface area contributed by atoms with Gasteiger partial charge in [-0.25, -0.2) is 4.98 Å². The van der Waals surface area contributed by atoms with Gasteiger partial charge >= 0.3 is 0 Å². The van der Waals surface area contributed by atoms with E-state index in [4.69, 9.17) is 10.2 Å². The Hall–Kier alpha value is -0.870. The van der Waals surface area contributed by atoms with E-state index in [1.165, 1.54) is 12.8 Å². The van der Waals surface area contributed by atoms with Crippen LogP contribution in [0.2, 0.25) is 0 Å². The van der Waals surface area contributed by atoms with Crippen molar-refractivity contribution >= 4 is 27.0 Å². The van der Waals surface area contributed by atoms with Crippen LogP contribution in [0, 0.1) is 5.92 Å². The van der Waals surface area contributed by atoms with Crippen LogP contribution in [0.3, 0.4) is 0 Å². The molecule has 102 valence electrons. The maximum atomic E-state index is 6.06. The highest BCUT2D eigenvalue weighted by molar-refractivity contribution is 9.10. The molecule has 0 aliphatic heterocycles.